The minimum absolute atomic E-state index is 0.115. The fourth-order valence-corrected chi connectivity index (χ4v) is 3.74. The number of carbonyl (C=O) groups excluding carboxylic acids is 1. The molecule has 3 aromatic rings. The van der Waals surface area contributed by atoms with Crippen molar-refractivity contribution >= 4 is 17.5 Å². The monoisotopic (exact) mass is 401 g/mol. The molecular weight excluding hydrogens is 374 g/mol. The van der Waals surface area contributed by atoms with Crippen molar-refractivity contribution in [1.29, 1.82) is 0 Å². The molecule has 0 atom stereocenters. The predicted octanol–water partition coefficient (Wildman–Crippen LogP) is 4.35. The zero-order valence-corrected chi connectivity index (χ0v) is 17.1. The summed E-state index contributed by atoms with van der Waals surface area (Å²) in [5, 5.41) is 3.11. The van der Waals surface area contributed by atoms with Gasteiger partial charge in [0.25, 0.3) is 0 Å². The summed E-state index contributed by atoms with van der Waals surface area (Å²) in [5.41, 5.74) is 3.03. The first-order valence-electron chi connectivity index (χ1n) is 10.5. The molecule has 1 aromatic carbocycles. The Bertz CT molecular complexity index is 942. The van der Waals surface area contributed by atoms with E-state index in [4.69, 9.17) is 0 Å². The van der Waals surface area contributed by atoms with Crippen LogP contribution in [0.5, 0.6) is 0 Å². The molecule has 2 amide bonds. The fourth-order valence-electron chi connectivity index (χ4n) is 3.74. The third-order valence-electron chi connectivity index (χ3n) is 5.36. The number of carbonyl (C=O) groups is 1. The molecule has 1 aliphatic rings. The number of rotatable bonds is 7. The van der Waals surface area contributed by atoms with Gasteiger partial charge >= 0.3 is 6.03 Å². The first-order chi connectivity index (χ1) is 14.8. The number of hydrogen-bond acceptors (Lipinski definition) is 4. The van der Waals surface area contributed by atoms with Gasteiger partial charge in [-0.25, -0.2) is 9.78 Å². The maximum Gasteiger partial charge on any atom is 0.322 e. The van der Waals surface area contributed by atoms with Crippen LogP contribution in [0.4, 0.5) is 16.3 Å². The molecule has 0 bridgehead atoms. The van der Waals surface area contributed by atoms with Gasteiger partial charge in [0.05, 0.1) is 5.69 Å². The SMILES string of the molecule is O=C(Nc1cccnc1N1CCCC1)N(CCc1ccccc1)Cc1ccncc1. The van der Waals surface area contributed by atoms with E-state index in [-0.39, 0.29) is 6.03 Å². The summed E-state index contributed by atoms with van der Waals surface area (Å²) in [5.74, 6) is 0.857. The summed E-state index contributed by atoms with van der Waals surface area (Å²) < 4.78 is 0. The lowest BCUT2D eigenvalue weighted by Gasteiger charge is -2.25. The second-order valence-corrected chi connectivity index (χ2v) is 7.51. The van der Waals surface area contributed by atoms with E-state index in [1.807, 2.05) is 47.4 Å². The summed E-state index contributed by atoms with van der Waals surface area (Å²) in [4.78, 5) is 26.0. The highest BCUT2D eigenvalue weighted by atomic mass is 16.2. The van der Waals surface area contributed by atoms with Crippen molar-refractivity contribution in [3.63, 3.8) is 0 Å². The molecule has 6 nitrogen and oxygen atoms in total. The Hall–Kier alpha value is -3.41. The number of pyridine rings is 2. The highest BCUT2D eigenvalue weighted by Gasteiger charge is 2.20. The number of aromatic nitrogens is 2. The molecule has 1 N–H and O–H groups in total. The normalized spacial score (nSPS) is 13.3. The number of urea groups is 1. The van der Waals surface area contributed by atoms with Crippen molar-refractivity contribution in [1.82, 2.24) is 14.9 Å². The van der Waals surface area contributed by atoms with E-state index >= 15 is 0 Å². The number of hydrogen-bond donors (Lipinski definition) is 1. The van der Waals surface area contributed by atoms with Gasteiger partial charge in [-0.15, -0.1) is 0 Å². The number of anilines is 2. The van der Waals surface area contributed by atoms with Crippen LogP contribution in [-0.2, 0) is 13.0 Å². The summed E-state index contributed by atoms with van der Waals surface area (Å²) in [6.07, 6.45) is 8.42. The van der Waals surface area contributed by atoms with Gasteiger partial charge in [-0.05, 0) is 54.7 Å². The molecule has 0 aliphatic carbocycles. The Morgan fingerprint density at radius 1 is 0.933 bits per heavy atom. The van der Waals surface area contributed by atoms with Crippen LogP contribution >= 0.6 is 0 Å². The lowest BCUT2D eigenvalue weighted by atomic mass is 10.1. The molecule has 0 spiro atoms. The molecule has 154 valence electrons. The second-order valence-electron chi connectivity index (χ2n) is 7.51. The number of nitrogens with one attached hydrogen (secondary N) is 1. The summed E-state index contributed by atoms with van der Waals surface area (Å²) in [6.45, 7) is 3.11. The van der Waals surface area contributed by atoms with E-state index in [0.29, 0.717) is 13.1 Å². The highest BCUT2D eigenvalue weighted by molar-refractivity contribution is 5.92. The lowest BCUT2D eigenvalue weighted by Crippen LogP contribution is -2.36. The minimum Gasteiger partial charge on any atom is -0.355 e. The van der Waals surface area contributed by atoms with Gasteiger partial charge < -0.3 is 15.1 Å². The maximum atomic E-state index is 13.3. The Labute approximate surface area is 177 Å². The topological polar surface area (TPSA) is 61.4 Å². The van der Waals surface area contributed by atoms with Gasteiger partial charge in [-0.2, -0.15) is 0 Å². The van der Waals surface area contributed by atoms with E-state index in [1.54, 1.807) is 18.6 Å². The molecule has 3 heterocycles. The third kappa shape index (κ3) is 5.14. The molecule has 6 heteroatoms. The zero-order valence-electron chi connectivity index (χ0n) is 17.1. The van der Waals surface area contributed by atoms with E-state index in [0.717, 1.165) is 49.4 Å². The Balaban J connectivity index is 1.50. The van der Waals surface area contributed by atoms with Gasteiger partial charge in [0, 0.05) is 44.8 Å². The third-order valence-corrected chi connectivity index (χ3v) is 5.36. The molecule has 0 radical (unpaired) electrons. The van der Waals surface area contributed by atoms with Gasteiger partial charge in [-0.1, -0.05) is 30.3 Å². The first kappa shape index (κ1) is 19.9. The van der Waals surface area contributed by atoms with Crippen LogP contribution in [0.3, 0.4) is 0 Å². The van der Waals surface area contributed by atoms with Crippen LogP contribution in [0.2, 0.25) is 0 Å². The molecule has 2 aromatic heterocycles. The average molecular weight is 402 g/mol. The molecule has 1 aliphatic heterocycles. The summed E-state index contributed by atoms with van der Waals surface area (Å²) in [7, 11) is 0. The maximum absolute atomic E-state index is 13.3. The van der Waals surface area contributed by atoms with E-state index in [1.165, 1.54) is 5.56 Å². The van der Waals surface area contributed by atoms with Gasteiger partial charge in [-0.3, -0.25) is 4.98 Å². The van der Waals surface area contributed by atoms with Crippen LogP contribution < -0.4 is 10.2 Å². The molecule has 0 unspecified atom stereocenters. The quantitative estimate of drug-likeness (QED) is 0.639. The first-order valence-corrected chi connectivity index (χ1v) is 10.5. The van der Waals surface area contributed by atoms with Crippen molar-refractivity contribution in [3.8, 4) is 0 Å². The molecular formula is C24H27N5O. The van der Waals surface area contributed by atoms with Gasteiger partial charge in [0.2, 0.25) is 0 Å². The largest absolute Gasteiger partial charge is 0.355 e. The van der Waals surface area contributed by atoms with E-state index < -0.39 is 0 Å². The molecule has 1 fully saturated rings. The van der Waals surface area contributed by atoms with Crippen LogP contribution in [0, 0.1) is 0 Å². The van der Waals surface area contributed by atoms with Crippen molar-refractivity contribution in [3.05, 3.63) is 84.3 Å². The van der Waals surface area contributed by atoms with E-state index in [9.17, 15) is 4.79 Å². The predicted molar refractivity (Wildman–Crippen MR) is 119 cm³/mol. The number of amides is 2. The smallest absolute Gasteiger partial charge is 0.322 e. The van der Waals surface area contributed by atoms with Crippen molar-refractivity contribution in [2.24, 2.45) is 0 Å². The number of benzene rings is 1. The molecule has 0 saturated carbocycles. The second kappa shape index (κ2) is 9.87. The Kier molecular flexibility index (Phi) is 6.54. The van der Waals surface area contributed by atoms with Crippen molar-refractivity contribution in [2.45, 2.75) is 25.8 Å². The Morgan fingerprint density at radius 3 is 2.47 bits per heavy atom. The molecule has 30 heavy (non-hydrogen) atoms. The summed E-state index contributed by atoms with van der Waals surface area (Å²) >= 11 is 0. The Morgan fingerprint density at radius 2 is 1.70 bits per heavy atom. The van der Waals surface area contributed by atoms with Crippen LogP contribution in [0.15, 0.2) is 73.2 Å². The highest BCUT2D eigenvalue weighted by Crippen LogP contribution is 2.26. The minimum atomic E-state index is -0.115. The number of nitrogens with zero attached hydrogens (tertiary/aromatic N) is 4. The summed E-state index contributed by atoms with van der Waals surface area (Å²) in [6, 6.07) is 17.8. The standard InChI is InChI=1S/C24H27N5O/c30-24(27-22-9-6-13-26-23(22)28-16-4-5-17-28)29(19-21-10-14-25-15-11-21)18-12-20-7-2-1-3-8-20/h1-3,6-11,13-15H,4-5,12,16-19H2,(H,27,30). The van der Waals surface area contributed by atoms with Gasteiger partial charge in [0.1, 0.15) is 0 Å². The molecule has 1 saturated heterocycles. The zero-order chi connectivity index (χ0) is 20.6. The lowest BCUT2D eigenvalue weighted by molar-refractivity contribution is 0.210. The molecule has 4 rings (SSSR count). The average Bonchev–Trinajstić information content (AvgIpc) is 3.33. The van der Waals surface area contributed by atoms with Gasteiger partial charge in [0.15, 0.2) is 5.82 Å². The van der Waals surface area contributed by atoms with Crippen molar-refractivity contribution in [2.75, 3.05) is 29.9 Å². The van der Waals surface area contributed by atoms with Crippen LogP contribution in [0.1, 0.15) is 24.0 Å². The van der Waals surface area contributed by atoms with E-state index in [2.05, 4.69) is 32.3 Å². The van der Waals surface area contributed by atoms with Crippen LogP contribution in [0.25, 0.3) is 0 Å². The van der Waals surface area contributed by atoms with Crippen LogP contribution in [-0.4, -0.2) is 40.5 Å². The van der Waals surface area contributed by atoms with Crippen molar-refractivity contribution < 1.29 is 4.79 Å². The fraction of sp³-hybridized carbons (Fsp3) is 0.292.